The van der Waals surface area contributed by atoms with Crippen LogP contribution in [0.15, 0.2) is 205 Å². The van der Waals surface area contributed by atoms with Crippen molar-refractivity contribution in [1.29, 1.82) is 0 Å². The van der Waals surface area contributed by atoms with Gasteiger partial charge in [0.1, 0.15) is 11.2 Å². The first-order valence-corrected chi connectivity index (χ1v) is 18.5. The molecule has 11 aromatic rings. The highest BCUT2D eigenvalue weighted by molar-refractivity contribution is 6.19. The lowest BCUT2D eigenvalue weighted by Gasteiger charge is -2.28. The lowest BCUT2D eigenvalue weighted by atomic mass is 9.96. The number of nitrogens with zero attached hydrogens (tertiary/aromatic N) is 1. The van der Waals surface area contributed by atoms with Crippen LogP contribution >= 0.6 is 0 Å². The summed E-state index contributed by atoms with van der Waals surface area (Å²) in [6.07, 6.45) is 0. The normalized spacial score (nSPS) is 11.7. The Balaban J connectivity index is 1.11. The number of benzene rings is 10. The van der Waals surface area contributed by atoms with E-state index in [1.807, 2.05) is 0 Å². The largest absolute Gasteiger partial charge is 0.455 e. The molecule has 0 saturated carbocycles. The topological polar surface area (TPSA) is 16.4 Å². The zero-order valence-corrected chi connectivity index (χ0v) is 29.4. The van der Waals surface area contributed by atoms with Crippen molar-refractivity contribution in [3.05, 3.63) is 200 Å². The van der Waals surface area contributed by atoms with Crippen LogP contribution in [0.2, 0.25) is 0 Å². The summed E-state index contributed by atoms with van der Waals surface area (Å²) >= 11 is 0. The van der Waals surface area contributed by atoms with Crippen LogP contribution in [0.4, 0.5) is 17.1 Å². The van der Waals surface area contributed by atoms with Crippen molar-refractivity contribution in [1.82, 2.24) is 0 Å². The van der Waals surface area contributed by atoms with Crippen molar-refractivity contribution in [2.24, 2.45) is 0 Å². The van der Waals surface area contributed by atoms with Gasteiger partial charge in [-0.3, -0.25) is 0 Å². The quantitative estimate of drug-likeness (QED) is 0.168. The molecule has 2 nitrogen and oxygen atoms in total. The molecule has 0 aliphatic rings. The van der Waals surface area contributed by atoms with Crippen LogP contribution < -0.4 is 4.90 Å². The van der Waals surface area contributed by atoms with Crippen LogP contribution in [0.25, 0.3) is 87.3 Å². The van der Waals surface area contributed by atoms with E-state index < -0.39 is 0 Å². The van der Waals surface area contributed by atoms with Crippen molar-refractivity contribution in [2.45, 2.75) is 0 Å². The number of anilines is 3. The number of furan rings is 1. The first kappa shape index (κ1) is 30.5. The van der Waals surface area contributed by atoms with E-state index in [-0.39, 0.29) is 0 Å². The molecule has 0 aliphatic carbocycles. The highest BCUT2D eigenvalue weighted by atomic mass is 16.3. The van der Waals surface area contributed by atoms with Gasteiger partial charge >= 0.3 is 0 Å². The maximum absolute atomic E-state index is 6.59. The minimum absolute atomic E-state index is 0.895. The average molecular weight is 688 g/mol. The fourth-order valence-corrected chi connectivity index (χ4v) is 8.52. The Morgan fingerprint density at radius 1 is 0.333 bits per heavy atom. The standard InChI is InChI=1S/C52H33NO/c1-4-17-41-34(11-1)14-8-20-42(41)37-25-29-39(30-26-37)53(49-23-9-22-46-43-18-5-2-12-35(43)27-31-47(46)49)40-16-7-15-38(33-40)44-21-10-24-50-51(44)48-32-28-36-13-3-6-19-45(36)52(48)54-50/h1-33H. The minimum atomic E-state index is 0.895. The van der Waals surface area contributed by atoms with Gasteiger partial charge in [-0.15, -0.1) is 0 Å². The predicted molar refractivity (Wildman–Crippen MR) is 229 cm³/mol. The van der Waals surface area contributed by atoms with E-state index in [1.54, 1.807) is 0 Å². The summed E-state index contributed by atoms with van der Waals surface area (Å²) in [5.41, 5.74) is 9.85. The monoisotopic (exact) mass is 687 g/mol. The van der Waals surface area contributed by atoms with Gasteiger partial charge in [0.05, 0.1) is 5.69 Å². The molecule has 1 heterocycles. The van der Waals surface area contributed by atoms with Crippen LogP contribution in [0, 0.1) is 0 Å². The van der Waals surface area contributed by atoms with Gasteiger partial charge in [-0.1, -0.05) is 158 Å². The number of fused-ring (bicyclic) bond motifs is 9. The van der Waals surface area contributed by atoms with Gasteiger partial charge in [0.15, 0.2) is 0 Å². The Morgan fingerprint density at radius 3 is 1.78 bits per heavy atom. The molecule has 0 unspecified atom stereocenters. The second-order valence-electron chi connectivity index (χ2n) is 14.1. The molecule has 0 aliphatic heterocycles. The third kappa shape index (κ3) is 4.81. The van der Waals surface area contributed by atoms with Crippen molar-refractivity contribution < 1.29 is 4.42 Å². The van der Waals surface area contributed by atoms with Crippen LogP contribution in [0.3, 0.4) is 0 Å². The van der Waals surface area contributed by atoms with Crippen molar-refractivity contribution in [3.8, 4) is 22.3 Å². The second kappa shape index (κ2) is 12.2. The van der Waals surface area contributed by atoms with E-state index in [1.165, 1.54) is 48.8 Å². The zero-order valence-electron chi connectivity index (χ0n) is 29.4. The van der Waals surface area contributed by atoms with Crippen LogP contribution in [-0.4, -0.2) is 0 Å². The Hall–Kier alpha value is -7.16. The van der Waals surface area contributed by atoms with Gasteiger partial charge in [-0.2, -0.15) is 0 Å². The summed E-state index contributed by atoms with van der Waals surface area (Å²) in [6, 6.07) is 72.3. The predicted octanol–water partition coefficient (Wildman–Crippen LogP) is 15.0. The molecule has 11 rings (SSSR count). The molecular formula is C52H33NO. The van der Waals surface area contributed by atoms with Gasteiger partial charge in [0, 0.05) is 32.9 Å². The van der Waals surface area contributed by atoms with Gasteiger partial charge in [-0.05, 0) is 97.0 Å². The molecule has 0 radical (unpaired) electrons. The molecule has 2 heteroatoms. The molecule has 0 bridgehead atoms. The minimum Gasteiger partial charge on any atom is -0.455 e. The Morgan fingerprint density at radius 2 is 0.944 bits per heavy atom. The van der Waals surface area contributed by atoms with Gasteiger partial charge in [0.25, 0.3) is 0 Å². The second-order valence-corrected chi connectivity index (χ2v) is 14.1. The van der Waals surface area contributed by atoms with Gasteiger partial charge in [-0.25, -0.2) is 0 Å². The third-order valence-electron chi connectivity index (χ3n) is 11.0. The molecular weight excluding hydrogens is 655 g/mol. The molecule has 252 valence electrons. The zero-order chi connectivity index (χ0) is 35.6. The molecule has 10 aromatic carbocycles. The maximum atomic E-state index is 6.59. The van der Waals surface area contributed by atoms with Gasteiger partial charge in [0.2, 0.25) is 0 Å². The summed E-state index contributed by atoms with van der Waals surface area (Å²) in [5.74, 6) is 0. The Labute approximate surface area is 312 Å². The van der Waals surface area contributed by atoms with E-state index in [2.05, 4.69) is 205 Å². The van der Waals surface area contributed by atoms with Gasteiger partial charge < -0.3 is 9.32 Å². The molecule has 54 heavy (non-hydrogen) atoms. The lowest BCUT2D eigenvalue weighted by Crippen LogP contribution is -2.10. The average Bonchev–Trinajstić information content (AvgIpc) is 3.64. The maximum Gasteiger partial charge on any atom is 0.143 e. The molecule has 0 saturated heterocycles. The van der Waals surface area contributed by atoms with Crippen molar-refractivity contribution >= 4 is 82.1 Å². The molecule has 0 atom stereocenters. The number of rotatable bonds is 5. The first-order chi connectivity index (χ1) is 26.8. The molecule has 0 fully saturated rings. The van der Waals surface area contributed by atoms with Crippen LogP contribution in [0.1, 0.15) is 0 Å². The highest BCUT2D eigenvalue weighted by Crippen LogP contribution is 2.44. The van der Waals surface area contributed by atoms with E-state index >= 15 is 0 Å². The van der Waals surface area contributed by atoms with E-state index in [4.69, 9.17) is 4.42 Å². The van der Waals surface area contributed by atoms with Crippen LogP contribution in [-0.2, 0) is 0 Å². The fraction of sp³-hybridized carbons (Fsp3) is 0. The molecule has 0 spiro atoms. The van der Waals surface area contributed by atoms with E-state index in [0.717, 1.165) is 55.5 Å². The van der Waals surface area contributed by atoms with Crippen molar-refractivity contribution in [2.75, 3.05) is 4.90 Å². The Bertz CT molecular complexity index is 3220. The number of hydrogen-bond donors (Lipinski definition) is 0. The van der Waals surface area contributed by atoms with E-state index in [9.17, 15) is 0 Å². The molecule has 1 aromatic heterocycles. The summed E-state index contributed by atoms with van der Waals surface area (Å²) in [5, 5.41) is 12.0. The SMILES string of the molecule is c1cc(-c2cccc3oc4c5ccccc5ccc4c23)cc(N(c2ccc(-c3cccc4ccccc34)cc2)c2cccc3c2ccc2ccccc23)c1. The number of hydrogen-bond acceptors (Lipinski definition) is 2. The van der Waals surface area contributed by atoms with Crippen molar-refractivity contribution in [3.63, 3.8) is 0 Å². The van der Waals surface area contributed by atoms with Crippen LogP contribution in [0.5, 0.6) is 0 Å². The molecule has 0 N–H and O–H groups in total. The van der Waals surface area contributed by atoms with E-state index in [0.29, 0.717) is 0 Å². The lowest BCUT2D eigenvalue weighted by molar-refractivity contribution is 0.673. The first-order valence-electron chi connectivity index (χ1n) is 18.5. The summed E-state index contributed by atoms with van der Waals surface area (Å²) in [4.78, 5) is 2.41. The smallest absolute Gasteiger partial charge is 0.143 e. The third-order valence-corrected chi connectivity index (χ3v) is 11.0. The summed E-state index contributed by atoms with van der Waals surface area (Å²) in [7, 11) is 0. The summed E-state index contributed by atoms with van der Waals surface area (Å²) < 4.78 is 6.59. The Kier molecular flexibility index (Phi) is 6.90. The molecule has 0 amide bonds. The summed E-state index contributed by atoms with van der Waals surface area (Å²) in [6.45, 7) is 0. The fourth-order valence-electron chi connectivity index (χ4n) is 8.52. The highest BCUT2D eigenvalue weighted by Gasteiger charge is 2.19.